The first kappa shape index (κ1) is 12.8. The molecule has 2 rings (SSSR count). The van der Waals surface area contributed by atoms with Gasteiger partial charge in [0.2, 0.25) is 0 Å². The summed E-state index contributed by atoms with van der Waals surface area (Å²) in [6, 6.07) is 9.06. The number of nitrogens with zero attached hydrogens (tertiary/aromatic N) is 1. The number of rotatable bonds is 4. The number of amides is 1. The fourth-order valence-electron chi connectivity index (χ4n) is 1.61. The van der Waals surface area contributed by atoms with Crippen LogP contribution in [-0.4, -0.2) is 16.1 Å². The molecule has 1 aromatic carbocycles. The fourth-order valence-corrected chi connectivity index (χ4v) is 1.88. The van der Waals surface area contributed by atoms with Crippen molar-refractivity contribution in [1.29, 1.82) is 0 Å². The van der Waals surface area contributed by atoms with Crippen LogP contribution in [0.2, 0.25) is 0 Å². The van der Waals surface area contributed by atoms with Crippen LogP contribution in [0.3, 0.4) is 0 Å². The van der Waals surface area contributed by atoms with E-state index in [-0.39, 0.29) is 5.91 Å². The third-order valence-corrected chi connectivity index (χ3v) is 3.03. The molecule has 5 heteroatoms. The number of hydrogen-bond donors (Lipinski definition) is 2. The Balaban J connectivity index is 2.04. The number of hydrogen-bond acceptors (Lipinski definition) is 2. The van der Waals surface area contributed by atoms with Gasteiger partial charge in [-0.15, -0.1) is 0 Å². The standard InChI is InChI=1S/C13H14BrN3O/c1-2-3-11-8-12(17-16-11)15-13(18)9-4-6-10(14)7-5-9/h4-8H,2-3H2,1H3,(H2,15,16,17,18). The molecule has 0 spiro atoms. The van der Waals surface area contributed by atoms with E-state index in [0.29, 0.717) is 11.4 Å². The lowest BCUT2D eigenvalue weighted by Gasteiger charge is -2.01. The average Bonchev–Trinajstić information content (AvgIpc) is 2.78. The highest BCUT2D eigenvalue weighted by Crippen LogP contribution is 2.13. The number of aromatic amines is 1. The van der Waals surface area contributed by atoms with Crippen molar-refractivity contribution in [3.8, 4) is 0 Å². The minimum absolute atomic E-state index is 0.156. The van der Waals surface area contributed by atoms with Gasteiger partial charge in [-0.05, 0) is 30.7 Å². The van der Waals surface area contributed by atoms with Gasteiger partial charge in [0.05, 0.1) is 0 Å². The highest BCUT2D eigenvalue weighted by atomic mass is 79.9. The van der Waals surface area contributed by atoms with Gasteiger partial charge in [-0.2, -0.15) is 5.10 Å². The Labute approximate surface area is 114 Å². The lowest BCUT2D eigenvalue weighted by Crippen LogP contribution is -2.11. The van der Waals surface area contributed by atoms with Crippen LogP contribution in [0.5, 0.6) is 0 Å². The highest BCUT2D eigenvalue weighted by molar-refractivity contribution is 9.10. The van der Waals surface area contributed by atoms with Crippen molar-refractivity contribution in [2.45, 2.75) is 19.8 Å². The zero-order valence-corrected chi connectivity index (χ0v) is 11.6. The topological polar surface area (TPSA) is 57.8 Å². The van der Waals surface area contributed by atoms with Crippen LogP contribution in [0.15, 0.2) is 34.8 Å². The molecule has 4 nitrogen and oxygen atoms in total. The molecule has 2 N–H and O–H groups in total. The van der Waals surface area contributed by atoms with Crippen LogP contribution in [-0.2, 0) is 6.42 Å². The Hall–Kier alpha value is -1.62. The maximum atomic E-state index is 11.9. The second-order valence-corrected chi connectivity index (χ2v) is 4.91. The number of anilines is 1. The molecule has 0 bridgehead atoms. The van der Waals surface area contributed by atoms with E-state index in [0.717, 1.165) is 23.0 Å². The summed E-state index contributed by atoms with van der Waals surface area (Å²) in [5.74, 6) is 0.406. The lowest BCUT2D eigenvalue weighted by molar-refractivity contribution is 0.102. The van der Waals surface area contributed by atoms with Gasteiger partial charge in [0.1, 0.15) is 0 Å². The molecule has 0 aliphatic rings. The summed E-state index contributed by atoms with van der Waals surface area (Å²) >= 11 is 3.33. The molecule has 2 aromatic rings. The van der Waals surface area contributed by atoms with Crippen LogP contribution in [0, 0.1) is 0 Å². The molecule has 0 saturated heterocycles. The zero-order valence-electron chi connectivity index (χ0n) is 10.0. The minimum Gasteiger partial charge on any atom is -0.305 e. The Morgan fingerprint density at radius 2 is 2.11 bits per heavy atom. The van der Waals surface area contributed by atoms with Gasteiger partial charge in [-0.3, -0.25) is 9.89 Å². The summed E-state index contributed by atoms with van der Waals surface area (Å²) in [6.07, 6.45) is 1.98. The maximum absolute atomic E-state index is 11.9. The van der Waals surface area contributed by atoms with Crippen LogP contribution < -0.4 is 5.32 Å². The first-order chi connectivity index (χ1) is 8.69. The molecule has 0 radical (unpaired) electrons. The monoisotopic (exact) mass is 307 g/mol. The van der Waals surface area contributed by atoms with Gasteiger partial charge >= 0.3 is 0 Å². The van der Waals surface area contributed by atoms with E-state index >= 15 is 0 Å². The summed E-state index contributed by atoms with van der Waals surface area (Å²) in [5, 5.41) is 9.71. The first-order valence-corrected chi connectivity index (χ1v) is 6.59. The van der Waals surface area contributed by atoms with Crippen LogP contribution in [0.4, 0.5) is 5.82 Å². The van der Waals surface area contributed by atoms with E-state index in [2.05, 4.69) is 38.4 Å². The van der Waals surface area contributed by atoms with Gasteiger partial charge < -0.3 is 5.32 Å². The molecule has 0 aliphatic carbocycles. The highest BCUT2D eigenvalue weighted by Gasteiger charge is 2.08. The maximum Gasteiger partial charge on any atom is 0.256 e. The van der Waals surface area contributed by atoms with Crippen molar-refractivity contribution in [2.75, 3.05) is 5.32 Å². The molecule has 0 atom stereocenters. The molecule has 94 valence electrons. The number of halogens is 1. The van der Waals surface area contributed by atoms with Gasteiger partial charge in [0, 0.05) is 21.8 Å². The van der Waals surface area contributed by atoms with Crippen molar-refractivity contribution >= 4 is 27.7 Å². The third kappa shape index (κ3) is 3.20. The first-order valence-electron chi connectivity index (χ1n) is 5.80. The van der Waals surface area contributed by atoms with Crippen LogP contribution in [0.25, 0.3) is 0 Å². The minimum atomic E-state index is -0.156. The molecular weight excluding hydrogens is 294 g/mol. The molecule has 0 aliphatic heterocycles. The quantitative estimate of drug-likeness (QED) is 0.909. The number of aryl methyl sites for hydroxylation is 1. The van der Waals surface area contributed by atoms with Gasteiger partial charge in [0.25, 0.3) is 5.91 Å². The normalized spacial score (nSPS) is 10.3. The number of carbonyl (C=O) groups excluding carboxylic acids is 1. The van der Waals surface area contributed by atoms with E-state index in [1.165, 1.54) is 0 Å². The molecular formula is C13H14BrN3O. The van der Waals surface area contributed by atoms with Crippen LogP contribution in [0.1, 0.15) is 29.4 Å². The predicted octanol–water partition coefficient (Wildman–Crippen LogP) is 3.38. The van der Waals surface area contributed by atoms with Gasteiger partial charge in [-0.25, -0.2) is 0 Å². The van der Waals surface area contributed by atoms with E-state index in [9.17, 15) is 4.79 Å². The Morgan fingerprint density at radius 3 is 2.78 bits per heavy atom. The Morgan fingerprint density at radius 1 is 1.39 bits per heavy atom. The number of nitrogens with one attached hydrogen (secondary N) is 2. The molecule has 1 aromatic heterocycles. The number of carbonyl (C=O) groups is 1. The number of H-pyrrole nitrogens is 1. The molecule has 18 heavy (non-hydrogen) atoms. The summed E-state index contributed by atoms with van der Waals surface area (Å²) in [4.78, 5) is 11.9. The molecule has 0 fully saturated rings. The second kappa shape index (κ2) is 5.82. The number of aromatic nitrogens is 2. The second-order valence-electron chi connectivity index (χ2n) is 3.99. The van der Waals surface area contributed by atoms with Crippen molar-refractivity contribution in [3.05, 3.63) is 46.1 Å². The SMILES string of the molecule is CCCc1cc(NC(=O)c2ccc(Br)cc2)n[nH]1. The summed E-state index contributed by atoms with van der Waals surface area (Å²) in [5.41, 5.74) is 1.64. The third-order valence-electron chi connectivity index (χ3n) is 2.50. The van der Waals surface area contributed by atoms with Gasteiger partial charge in [-0.1, -0.05) is 29.3 Å². The van der Waals surface area contributed by atoms with Crippen molar-refractivity contribution < 1.29 is 4.79 Å². The molecule has 1 heterocycles. The van der Waals surface area contributed by atoms with Gasteiger partial charge in [0.15, 0.2) is 5.82 Å². The molecule has 1 amide bonds. The summed E-state index contributed by atoms with van der Waals surface area (Å²) < 4.78 is 0.948. The fraction of sp³-hybridized carbons (Fsp3) is 0.231. The van der Waals surface area contributed by atoms with E-state index < -0.39 is 0 Å². The zero-order chi connectivity index (χ0) is 13.0. The average molecular weight is 308 g/mol. The molecule has 0 unspecified atom stereocenters. The Bertz CT molecular complexity index is 533. The smallest absolute Gasteiger partial charge is 0.256 e. The van der Waals surface area contributed by atoms with E-state index in [1.807, 2.05) is 18.2 Å². The number of benzene rings is 1. The lowest BCUT2D eigenvalue weighted by atomic mass is 10.2. The predicted molar refractivity (Wildman–Crippen MR) is 74.7 cm³/mol. The Kier molecular flexibility index (Phi) is 4.15. The van der Waals surface area contributed by atoms with Crippen LogP contribution >= 0.6 is 15.9 Å². The van der Waals surface area contributed by atoms with Crippen molar-refractivity contribution in [3.63, 3.8) is 0 Å². The van der Waals surface area contributed by atoms with Crippen molar-refractivity contribution in [2.24, 2.45) is 0 Å². The van der Waals surface area contributed by atoms with E-state index in [4.69, 9.17) is 0 Å². The summed E-state index contributed by atoms with van der Waals surface area (Å²) in [7, 11) is 0. The molecule has 0 saturated carbocycles. The largest absolute Gasteiger partial charge is 0.305 e. The summed E-state index contributed by atoms with van der Waals surface area (Å²) in [6.45, 7) is 2.10. The van der Waals surface area contributed by atoms with E-state index in [1.54, 1.807) is 12.1 Å². The van der Waals surface area contributed by atoms with Crippen molar-refractivity contribution in [1.82, 2.24) is 10.2 Å².